The van der Waals surface area contributed by atoms with Gasteiger partial charge in [0.15, 0.2) is 5.78 Å². The first-order valence-electron chi connectivity index (χ1n) is 11.3. The predicted octanol–water partition coefficient (Wildman–Crippen LogP) is 6.00. The van der Waals surface area contributed by atoms with Crippen molar-refractivity contribution in [1.29, 1.82) is 0 Å². The molecule has 0 saturated heterocycles. The molecule has 0 radical (unpaired) electrons. The number of Topliss-reactive ketones (excluding diaryl/α,β-unsaturated/α-hetero) is 1. The molecule has 1 aromatic heterocycles. The number of aldehydes is 1. The van der Waals surface area contributed by atoms with Crippen LogP contribution in [0, 0.1) is 32.6 Å². The first-order valence-corrected chi connectivity index (χ1v) is 12.1. The van der Waals surface area contributed by atoms with E-state index in [9.17, 15) is 14.4 Å². The SMILES string of the molecule is CC(=O)c1c(NC(=O)C2CCCCC2C=O)sc2c1CCC2.Cc1ccc(C)c(C)c1. The van der Waals surface area contributed by atoms with Crippen LogP contribution in [0.25, 0.3) is 0 Å². The van der Waals surface area contributed by atoms with Crippen LogP contribution < -0.4 is 5.32 Å². The maximum absolute atomic E-state index is 12.6. The molecule has 0 spiro atoms. The molecule has 4 rings (SSSR count). The maximum atomic E-state index is 12.6. The highest BCUT2D eigenvalue weighted by atomic mass is 32.1. The second-order valence-electron chi connectivity index (χ2n) is 8.89. The first kappa shape index (κ1) is 23.4. The quantitative estimate of drug-likeness (QED) is 0.470. The fourth-order valence-electron chi connectivity index (χ4n) is 4.61. The molecule has 2 aromatic rings. The lowest BCUT2D eigenvalue weighted by molar-refractivity contribution is -0.126. The lowest BCUT2D eigenvalue weighted by Crippen LogP contribution is -2.32. The molecule has 5 heteroatoms. The Labute approximate surface area is 189 Å². The van der Waals surface area contributed by atoms with Crippen LogP contribution in [0.15, 0.2) is 18.2 Å². The van der Waals surface area contributed by atoms with Crippen LogP contribution in [0.3, 0.4) is 0 Å². The highest BCUT2D eigenvalue weighted by Gasteiger charge is 2.32. The van der Waals surface area contributed by atoms with Crippen molar-refractivity contribution >= 4 is 34.3 Å². The van der Waals surface area contributed by atoms with Gasteiger partial charge in [-0.15, -0.1) is 11.3 Å². The number of amides is 1. The topological polar surface area (TPSA) is 63.2 Å². The lowest BCUT2D eigenvalue weighted by atomic mass is 9.79. The molecule has 2 aliphatic rings. The Morgan fingerprint density at radius 2 is 1.77 bits per heavy atom. The minimum atomic E-state index is -0.247. The van der Waals surface area contributed by atoms with E-state index in [1.807, 2.05) is 0 Å². The van der Waals surface area contributed by atoms with Crippen molar-refractivity contribution in [3.05, 3.63) is 50.9 Å². The van der Waals surface area contributed by atoms with E-state index in [2.05, 4.69) is 44.3 Å². The molecule has 1 N–H and O–H groups in total. The van der Waals surface area contributed by atoms with Crippen molar-refractivity contribution < 1.29 is 14.4 Å². The average Bonchev–Trinajstić information content (AvgIpc) is 3.32. The molecule has 2 aliphatic carbocycles. The fraction of sp³-hybridized carbons (Fsp3) is 0.500. The second kappa shape index (κ2) is 10.4. The highest BCUT2D eigenvalue weighted by Crippen LogP contribution is 2.40. The van der Waals surface area contributed by atoms with E-state index in [1.165, 1.54) is 32.9 Å². The summed E-state index contributed by atoms with van der Waals surface area (Å²) >= 11 is 1.54. The molecule has 1 heterocycles. The molecule has 166 valence electrons. The van der Waals surface area contributed by atoms with Crippen molar-refractivity contribution in [3.8, 4) is 0 Å². The van der Waals surface area contributed by atoms with Crippen LogP contribution in [0.4, 0.5) is 5.00 Å². The number of carbonyl (C=O) groups is 3. The standard InChI is InChI=1S/C17H21NO3S.C9H12/c1-10(20)15-13-7-4-8-14(13)22-17(15)18-16(21)12-6-3-2-5-11(12)9-19;1-7-4-5-8(2)9(3)6-7/h9,11-12H,2-8H2,1H3,(H,18,21);4-6H,1-3H3. The Kier molecular flexibility index (Phi) is 7.82. The number of benzene rings is 1. The van der Waals surface area contributed by atoms with Gasteiger partial charge in [0.2, 0.25) is 5.91 Å². The molecule has 4 nitrogen and oxygen atoms in total. The van der Waals surface area contributed by atoms with E-state index in [-0.39, 0.29) is 23.5 Å². The number of fused-ring (bicyclic) bond motifs is 1. The van der Waals surface area contributed by atoms with Crippen LogP contribution in [0.5, 0.6) is 0 Å². The second-order valence-corrected chi connectivity index (χ2v) is 9.99. The number of carbonyl (C=O) groups excluding carboxylic acids is 3. The van der Waals surface area contributed by atoms with Crippen LogP contribution >= 0.6 is 11.3 Å². The van der Waals surface area contributed by atoms with Gasteiger partial charge in [-0.3, -0.25) is 9.59 Å². The summed E-state index contributed by atoms with van der Waals surface area (Å²) in [5.41, 5.74) is 5.93. The maximum Gasteiger partial charge on any atom is 0.228 e. The van der Waals surface area contributed by atoms with Gasteiger partial charge in [-0.25, -0.2) is 0 Å². The third-order valence-electron chi connectivity index (χ3n) is 6.50. The fourth-order valence-corrected chi connectivity index (χ4v) is 5.95. The number of nitrogens with one attached hydrogen (secondary N) is 1. The molecule has 1 saturated carbocycles. The predicted molar refractivity (Wildman–Crippen MR) is 127 cm³/mol. The van der Waals surface area contributed by atoms with Crippen molar-refractivity contribution in [2.45, 2.75) is 72.6 Å². The number of hydrogen-bond donors (Lipinski definition) is 1. The van der Waals surface area contributed by atoms with E-state index in [4.69, 9.17) is 0 Å². The third-order valence-corrected chi connectivity index (χ3v) is 7.71. The van der Waals surface area contributed by atoms with Crippen molar-refractivity contribution in [2.75, 3.05) is 5.32 Å². The summed E-state index contributed by atoms with van der Waals surface area (Å²) in [5, 5.41) is 3.65. The Hall–Kier alpha value is -2.27. The molecule has 0 aliphatic heterocycles. The number of ketones is 1. The van der Waals surface area contributed by atoms with E-state index in [0.717, 1.165) is 56.8 Å². The average molecular weight is 440 g/mol. The summed E-state index contributed by atoms with van der Waals surface area (Å²) in [7, 11) is 0. The van der Waals surface area contributed by atoms with Crippen molar-refractivity contribution in [1.82, 2.24) is 0 Å². The number of thiophene rings is 1. The largest absolute Gasteiger partial charge is 0.317 e. The van der Waals surface area contributed by atoms with Gasteiger partial charge >= 0.3 is 0 Å². The number of hydrogen-bond acceptors (Lipinski definition) is 4. The molecule has 0 bridgehead atoms. The van der Waals surface area contributed by atoms with Gasteiger partial charge in [-0.05, 0) is 76.5 Å². The molecule has 1 aromatic carbocycles. The van der Waals surface area contributed by atoms with Gasteiger partial charge in [-0.1, -0.05) is 36.6 Å². The Morgan fingerprint density at radius 3 is 2.42 bits per heavy atom. The lowest BCUT2D eigenvalue weighted by Gasteiger charge is -2.26. The van der Waals surface area contributed by atoms with Gasteiger partial charge in [0.25, 0.3) is 0 Å². The van der Waals surface area contributed by atoms with Crippen LogP contribution in [-0.2, 0) is 22.4 Å². The van der Waals surface area contributed by atoms with E-state index in [1.54, 1.807) is 6.92 Å². The van der Waals surface area contributed by atoms with E-state index in [0.29, 0.717) is 10.6 Å². The molecule has 1 amide bonds. The molecular weight excluding hydrogens is 406 g/mol. The molecule has 2 atom stereocenters. The Balaban J connectivity index is 0.000000254. The number of anilines is 1. The summed E-state index contributed by atoms with van der Waals surface area (Å²) in [6, 6.07) is 6.50. The zero-order valence-corrected chi connectivity index (χ0v) is 19.9. The Bertz CT molecular complexity index is 975. The Morgan fingerprint density at radius 1 is 1.03 bits per heavy atom. The van der Waals surface area contributed by atoms with Crippen LogP contribution in [0.2, 0.25) is 0 Å². The van der Waals surface area contributed by atoms with Gasteiger partial charge < -0.3 is 10.1 Å². The van der Waals surface area contributed by atoms with Crippen molar-refractivity contribution in [2.24, 2.45) is 11.8 Å². The molecule has 1 fully saturated rings. The third kappa shape index (κ3) is 5.51. The van der Waals surface area contributed by atoms with E-state index >= 15 is 0 Å². The number of aryl methyl sites for hydroxylation is 4. The summed E-state index contributed by atoms with van der Waals surface area (Å²) in [6.45, 7) is 7.95. The van der Waals surface area contributed by atoms with Crippen molar-refractivity contribution in [3.63, 3.8) is 0 Å². The molecule has 31 heavy (non-hydrogen) atoms. The number of rotatable bonds is 4. The minimum Gasteiger partial charge on any atom is -0.317 e. The molecule has 2 unspecified atom stereocenters. The van der Waals surface area contributed by atoms with Crippen LogP contribution in [-0.4, -0.2) is 18.0 Å². The summed E-state index contributed by atoms with van der Waals surface area (Å²) < 4.78 is 0. The highest BCUT2D eigenvalue weighted by molar-refractivity contribution is 7.17. The van der Waals surface area contributed by atoms with E-state index < -0.39 is 0 Å². The zero-order chi connectivity index (χ0) is 22.5. The monoisotopic (exact) mass is 439 g/mol. The summed E-state index contributed by atoms with van der Waals surface area (Å²) in [4.78, 5) is 36.9. The minimum absolute atomic E-state index is 0.0188. The zero-order valence-electron chi connectivity index (χ0n) is 19.0. The summed E-state index contributed by atoms with van der Waals surface area (Å²) in [6.07, 6.45) is 7.49. The summed E-state index contributed by atoms with van der Waals surface area (Å²) in [5.74, 6) is -0.506. The van der Waals surface area contributed by atoms with Crippen LogP contribution in [0.1, 0.15) is 76.5 Å². The van der Waals surface area contributed by atoms with Gasteiger partial charge in [0.05, 0.1) is 5.56 Å². The van der Waals surface area contributed by atoms with Gasteiger partial charge in [0, 0.05) is 16.7 Å². The molecular formula is C26H33NO3S. The first-order chi connectivity index (χ1) is 14.8. The smallest absolute Gasteiger partial charge is 0.228 e. The normalized spacial score (nSPS) is 19.7. The van der Waals surface area contributed by atoms with Gasteiger partial charge in [-0.2, -0.15) is 0 Å². The van der Waals surface area contributed by atoms with Gasteiger partial charge in [0.1, 0.15) is 11.3 Å².